The van der Waals surface area contributed by atoms with Crippen LogP contribution in [0.15, 0.2) is 53.7 Å². The Hall–Kier alpha value is -3.68. The lowest BCUT2D eigenvalue weighted by Gasteiger charge is -2.35. The molecule has 1 atom stereocenters. The molecule has 0 aromatic heterocycles. The van der Waals surface area contributed by atoms with Crippen molar-refractivity contribution in [1.29, 1.82) is 0 Å². The molecule has 8 nitrogen and oxygen atoms in total. The predicted octanol–water partition coefficient (Wildman–Crippen LogP) is 3.60. The van der Waals surface area contributed by atoms with Crippen LogP contribution in [0.4, 0.5) is 4.79 Å². The molecule has 1 N–H and O–H groups in total. The van der Waals surface area contributed by atoms with Crippen molar-refractivity contribution in [2.75, 3.05) is 34.5 Å². The van der Waals surface area contributed by atoms with Gasteiger partial charge in [0, 0.05) is 18.7 Å². The molecule has 1 aliphatic heterocycles. The van der Waals surface area contributed by atoms with Crippen molar-refractivity contribution in [3.8, 4) is 17.2 Å². The summed E-state index contributed by atoms with van der Waals surface area (Å²) in [5.41, 5.74) is 2.34. The molecule has 8 heteroatoms. The van der Waals surface area contributed by atoms with Gasteiger partial charge in [0.15, 0.2) is 0 Å². The number of benzene rings is 2. The van der Waals surface area contributed by atoms with Crippen LogP contribution in [0.25, 0.3) is 0 Å². The van der Waals surface area contributed by atoms with Crippen molar-refractivity contribution in [3.63, 3.8) is 0 Å². The van der Waals surface area contributed by atoms with Crippen LogP contribution in [0.3, 0.4) is 0 Å². The molecule has 0 unspecified atom stereocenters. The maximum atomic E-state index is 13.1. The SMILES string of the molecule is CCOC(=O)C1=C(COc2cccc(C)c2)N(C)C(=O)N[C@H]1c1ccc(OC)cc1OC. The van der Waals surface area contributed by atoms with Crippen LogP contribution in [0, 0.1) is 6.92 Å². The highest BCUT2D eigenvalue weighted by Crippen LogP contribution is 2.37. The van der Waals surface area contributed by atoms with E-state index < -0.39 is 12.0 Å². The van der Waals surface area contributed by atoms with Crippen molar-refractivity contribution >= 4 is 12.0 Å². The van der Waals surface area contributed by atoms with Crippen LogP contribution in [-0.2, 0) is 9.53 Å². The second-order valence-electron chi connectivity index (χ2n) is 7.24. The predicted molar refractivity (Wildman–Crippen MR) is 119 cm³/mol. The van der Waals surface area contributed by atoms with E-state index in [9.17, 15) is 9.59 Å². The Labute approximate surface area is 187 Å². The van der Waals surface area contributed by atoms with Gasteiger partial charge in [-0.3, -0.25) is 4.90 Å². The molecule has 170 valence electrons. The molecular weight excluding hydrogens is 412 g/mol. The number of methoxy groups -OCH3 is 2. The summed E-state index contributed by atoms with van der Waals surface area (Å²) < 4.78 is 22.1. The first kappa shape index (κ1) is 23.0. The fourth-order valence-corrected chi connectivity index (χ4v) is 3.53. The minimum Gasteiger partial charge on any atom is -0.497 e. The van der Waals surface area contributed by atoms with E-state index in [-0.39, 0.29) is 24.8 Å². The highest BCUT2D eigenvalue weighted by molar-refractivity contribution is 5.95. The lowest BCUT2D eigenvalue weighted by molar-refractivity contribution is -0.139. The van der Waals surface area contributed by atoms with E-state index in [2.05, 4.69) is 5.32 Å². The van der Waals surface area contributed by atoms with E-state index in [1.54, 1.807) is 39.3 Å². The number of carbonyl (C=O) groups is 2. The van der Waals surface area contributed by atoms with Crippen LogP contribution >= 0.6 is 0 Å². The zero-order chi connectivity index (χ0) is 23.3. The Bertz CT molecular complexity index is 1030. The zero-order valence-corrected chi connectivity index (χ0v) is 18.9. The molecule has 0 bridgehead atoms. The average Bonchev–Trinajstić information content (AvgIpc) is 2.79. The Morgan fingerprint density at radius 1 is 1.09 bits per heavy atom. The highest BCUT2D eigenvalue weighted by Gasteiger charge is 2.38. The Balaban J connectivity index is 2.09. The van der Waals surface area contributed by atoms with E-state index in [1.807, 2.05) is 31.2 Å². The topological polar surface area (TPSA) is 86.3 Å². The maximum absolute atomic E-state index is 13.1. The number of urea groups is 1. The van der Waals surface area contributed by atoms with Crippen LogP contribution in [0.1, 0.15) is 24.1 Å². The molecule has 0 saturated heterocycles. The third-order valence-corrected chi connectivity index (χ3v) is 5.19. The van der Waals surface area contributed by atoms with Crippen molar-refractivity contribution in [2.24, 2.45) is 0 Å². The van der Waals surface area contributed by atoms with Crippen molar-refractivity contribution < 1.29 is 28.5 Å². The summed E-state index contributed by atoms with van der Waals surface area (Å²) in [6.07, 6.45) is 0. The van der Waals surface area contributed by atoms with Gasteiger partial charge in [0.25, 0.3) is 0 Å². The highest BCUT2D eigenvalue weighted by atomic mass is 16.5. The quantitative estimate of drug-likeness (QED) is 0.631. The van der Waals surface area contributed by atoms with Crippen molar-refractivity contribution in [3.05, 3.63) is 64.9 Å². The van der Waals surface area contributed by atoms with E-state index in [0.29, 0.717) is 28.5 Å². The van der Waals surface area contributed by atoms with Gasteiger partial charge >= 0.3 is 12.0 Å². The van der Waals surface area contributed by atoms with Crippen molar-refractivity contribution in [2.45, 2.75) is 19.9 Å². The van der Waals surface area contributed by atoms with E-state index in [0.717, 1.165) is 5.56 Å². The summed E-state index contributed by atoms with van der Waals surface area (Å²) in [6, 6.07) is 11.6. The van der Waals surface area contributed by atoms with Crippen LogP contribution < -0.4 is 19.5 Å². The van der Waals surface area contributed by atoms with Gasteiger partial charge in [-0.2, -0.15) is 0 Å². The molecule has 0 fully saturated rings. The summed E-state index contributed by atoms with van der Waals surface area (Å²) in [5, 5.41) is 2.87. The summed E-state index contributed by atoms with van der Waals surface area (Å²) in [5.74, 6) is 1.17. The van der Waals surface area contributed by atoms with E-state index in [1.165, 1.54) is 12.0 Å². The maximum Gasteiger partial charge on any atom is 0.338 e. The number of likely N-dealkylation sites (N-methyl/N-ethyl adjacent to an activating group) is 1. The number of ether oxygens (including phenoxy) is 4. The molecule has 0 saturated carbocycles. The number of carbonyl (C=O) groups excluding carboxylic acids is 2. The molecule has 1 aliphatic rings. The van der Waals surface area contributed by atoms with E-state index >= 15 is 0 Å². The lowest BCUT2D eigenvalue weighted by Crippen LogP contribution is -2.48. The van der Waals surface area contributed by atoms with Gasteiger partial charge in [-0.05, 0) is 43.7 Å². The smallest absolute Gasteiger partial charge is 0.338 e. The number of hydrogen-bond donors (Lipinski definition) is 1. The van der Waals surface area contributed by atoms with E-state index in [4.69, 9.17) is 18.9 Å². The fraction of sp³-hybridized carbons (Fsp3) is 0.333. The van der Waals surface area contributed by atoms with Gasteiger partial charge in [0.1, 0.15) is 23.9 Å². The Morgan fingerprint density at radius 3 is 2.53 bits per heavy atom. The summed E-state index contributed by atoms with van der Waals surface area (Å²) in [4.78, 5) is 27.2. The first-order valence-corrected chi connectivity index (χ1v) is 10.2. The zero-order valence-electron chi connectivity index (χ0n) is 18.9. The number of aryl methyl sites for hydroxylation is 1. The summed E-state index contributed by atoms with van der Waals surface area (Å²) in [7, 11) is 4.66. The number of nitrogens with one attached hydrogen (secondary N) is 1. The summed E-state index contributed by atoms with van der Waals surface area (Å²) >= 11 is 0. The van der Waals surface area contributed by atoms with Gasteiger partial charge in [-0.1, -0.05) is 12.1 Å². The van der Waals surface area contributed by atoms with Crippen LogP contribution in [0.2, 0.25) is 0 Å². The number of nitrogens with zero attached hydrogens (tertiary/aromatic N) is 1. The first-order valence-electron chi connectivity index (χ1n) is 10.2. The van der Waals surface area contributed by atoms with Crippen molar-refractivity contribution in [1.82, 2.24) is 10.2 Å². The molecule has 0 radical (unpaired) electrons. The van der Waals surface area contributed by atoms with Gasteiger partial charge < -0.3 is 24.3 Å². The second-order valence-corrected chi connectivity index (χ2v) is 7.24. The number of hydrogen-bond acceptors (Lipinski definition) is 6. The van der Waals surface area contributed by atoms with Crippen LogP contribution in [-0.4, -0.2) is 51.4 Å². The number of esters is 1. The third kappa shape index (κ3) is 4.80. The lowest BCUT2D eigenvalue weighted by atomic mass is 9.94. The molecular formula is C24H28N2O6. The van der Waals surface area contributed by atoms with Crippen LogP contribution in [0.5, 0.6) is 17.2 Å². The molecule has 2 amide bonds. The minimum absolute atomic E-state index is 0.0104. The molecule has 3 rings (SSSR count). The molecule has 0 aliphatic carbocycles. The Morgan fingerprint density at radius 2 is 1.88 bits per heavy atom. The summed E-state index contributed by atoms with van der Waals surface area (Å²) in [6.45, 7) is 3.90. The minimum atomic E-state index is -0.783. The molecule has 2 aromatic rings. The van der Waals surface area contributed by atoms with Gasteiger partial charge in [-0.15, -0.1) is 0 Å². The largest absolute Gasteiger partial charge is 0.497 e. The van der Waals surface area contributed by atoms with Gasteiger partial charge in [0.05, 0.1) is 38.1 Å². The fourth-order valence-electron chi connectivity index (χ4n) is 3.53. The molecule has 0 spiro atoms. The second kappa shape index (κ2) is 10.1. The molecule has 2 aromatic carbocycles. The monoisotopic (exact) mass is 440 g/mol. The van der Waals surface area contributed by atoms with Gasteiger partial charge in [-0.25, -0.2) is 9.59 Å². The third-order valence-electron chi connectivity index (χ3n) is 5.19. The number of rotatable bonds is 8. The van der Waals surface area contributed by atoms with Gasteiger partial charge in [0.2, 0.25) is 0 Å². The first-order chi connectivity index (χ1) is 15.4. The molecule has 32 heavy (non-hydrogen) atoms. The molecule has 1 heterocycles. The average molecular weight is 440 g/mol. The standard InChI is InChI=1S/C24H28N2O6/c1-6-31-23(27)21-19(14-32-17-9-7-8-15(2)12-17)26(3)24(28)25-22(21)18-11-10-16(29-4)13-20(18)30-5/h7-13,22H,6,14H2,1-5H3,(H,25,28)/t22-/m0/s1. The number of amides is 2. The normalized spacial score (nSPS) is 15.8. The Kier molecular flexibility index (Phi) is 7.25.